The van der Waals surface area contributed by atoms with E-state index in [1.807, 2.05) is 12.1 Å². The van der Waals surface area contributed by atoms with Crippen LogP contribution in [-0.4, -0.2) is 72.1 Å². The van der Waals surface area contributed by atoms with Crippen molar-refractivity contribution in [3.63, 3.8) is 0 Å². The summed E-state index contributed by atoms with van der Waals surface area (Å²) in [5.41, 5.74) is 3.53. The zero-order valence-corrected chi connectivity index (χ0v) is 18.6. The van der Waals surface area contributed by atoms with Gasteiger partial charge in [0.25, 0.3) is 0 Å². The zero-order chi connectivity index (χ0) is 24.0. The monoisotopic (exact) mass is 475 g/mol. The van der Waals surface area contributed by atoms with Gasteiger partial charge in [-0.25, -0.2) is 14.6 Å². The van der Waals surface area contributed by atoms with Crippen molar-refractivity contribution in [1.82, 2.24) is 14.5 Å². The number of rotatable bonds is 7. The Morgan fingerprint density at radius 1 is 0.909 bits per heavy atom. The van der Waals surface area contributed by atoms with Crippen molar-refractivity contribution in [1.29, 1.82) is 0 Å². The van der Waals surface area contributed by atoms with E-state index in [9.17, 15) is 9.59 Å². The first-order chi connectivity index (χ1) is 15.8. The van der Waals surface area contributed by atoms with Crippen LogP contribution in [0.1, 0.15) is 24.2 Å². The van der Waals surface area contributed by atoms with E-state index in [0.717, 1.165) is 29.5 Å². The van der Waals surface area contributed by atoms with Crippen molar-refractivity contribution in [3.05, 3.63) is 64.9 Å². The van der Waals surface area contributed by atoms with Crippen molar-refractivity contribution in [3.8, 4) is 0 Å². The Hall–Kier alpha value is -2.98. The van der Waals surface area contributed by atoms with E-state index >= 15 is 0 Å². The molecule has 2 heterocycles. The normalized spacial score (nSPS) is 15.6. The first-order valence-corrected chi connectivity index (χ1v) is 10.9. The molecule has 1 fully saturated rings. The molecule has 4 rings (SSSR count). The van der Waals surface area contributed by atoms with E-state index in [2.05, 4.69) is 45.9 Å². The van der Waals surface area contributed by atoms with Crippen LogP contribution >= 0.6 is 11.6 Å². The summed E-state index contributed by atoms with van der Waals surface area (Å²) >= 11 is 6.01. The number of para-hydroxylation sites is 2. The van der Waals surface area contributed by atoms with Crippen LogP contribution in [0.4, 0.5) is 0 Å². The van der Waals surface area contributed by atoms with Crippen LogP contribution < -0.4 is 0 Å². The lowest BCUT2D eigenvalue weighted by Crippen LogP contribution is -2.39. The maximum absolute atomic E-state index is 9.77. The summed E-state index contributed by atoms with van der Waals surface area (Å²) in [5.74, 6) is -2.38. The van der Waals surface area contributed by atoms with Crippen LogP contribution in [0, 0.1) is 0 Å². The highest BCUT2D eigenvalue weighted by Gasteiger charge is 2.29. The molecule has 9 nitrogen and oxygen atoms in total. The number of carboxylic acids is 2. The highest BCUT2D eigenvalue weighted by Crippen LogP contribution is 2.21. The van der Waals surface area contributed by atoms with Crippen molar-refractivity contribution in [2.45, 2.75) is 38.1 Å². The number of hydrogen-bond acceptors (Lipinski definition) is 6. The average Bonchev–Trinajstić information content (AvgIpc) is 3.43. The molecular weight excluding hydrogens is 450 g/mol. The number of carboxylic acid groups (broad SMARTS) is 2. The van der Waals surface area contributed by atoms with E-state index in [0.29, 0.717) is 0 Å². The van der Waals surface area contributed by atoms with Gasteiger partial charge in [-0.2, -0.15) is 0 Å². The molecule has 4 N–H and O–H groups in total. The largest absolute Gasteiger partial charge is 0.479 e. The number of carbonyl (C=O) groups is 2. The molecule has 2 aromatic carbocycles. The third kappa shape index (κ3) is 6.52. The quantitative estimate of drug-likeness (QED) is 0.408. The molecule has 1 saturated heterocycles. The number of hydrogen-bond donors (Lipinski definition) is 4. The minimum absolute atomic E-state index is 0.779. The summed E-state index contributed by atoms with van der Waals surface area (Å²) in [6.07, 6.45) is -1.93. The topological polar surface area (TPSA) is 136 Å². The third-order valence-corrected chi connectivity index (χ3v) is 5.61. The van der Waals surface area contributed by atoms with E-state index in [1.54, 1.807) is 0 Å². The molecule has 1 aliphatic rings. The lowest BCUT2D eigenvalue weighted by atomic mass is 10.2. The Labute approximate surface area is 195 Å². The standard InChI is InChI=1S/C19H20ClN3.C4H6O6/c20-16-9-7-15(8-10-16)13-23-18-6-2-1-5-17(18)21-19(23)14-22-11-3-4-12-22;5-1(3(7)8)2(6)4(9)10/h1-2,5-10H,3-4,11-14H2;1-2,5-6H,(H,7,8)(H,9,10). The molecule has 1 aliphatic heterocycles. The number of fused-ring (bicyclic) bond motifs is 1. The van der Waals surface area contributed by atoms with Crippen LogP contribution in [0.2, 0.25) is 5.02 Å². The number of aromatic nitrogens is 2. The fraction of sp³-hybridized carbons (Fsp3) is 0.348. The van der Waals surface area contributed by atoms with Gasteiger partial charge in [-0.1, -0.05) is 35.9 Å². The van der Waals surface area contributed by atoms with Crippen molar-refractivity contribution >= 4 is 34.6 Å². The second-order valence-electron chi connectivity index (χ2n) is 7.78. The first-order valence-electron chi connectivity index (χ1n) is 10.5. The molecular formula is C23H26ClN3O6. The maximum Gasteiger partial charge on any atom is 0.335 e. The first kappa shape index (κ1) is 24.7. The van der Waals surface area contributed by atoms with Gasteiger partial charge in [-0.15, -0.1) is 0 Å². The van der Waals surface area contributed by atoms with E-state index < -0.39 is 24.1 Å². The zero-order valence-electron chi connectivity index (χ0n) is 17.8. The molecule has 0 amide bonds. The summed E-state index contributed by atoms with van der Waals surface area (Å²) in [6, 6.07) is 16.5. The molecule has 3 aromatic rings. The minimum Gasteiger partial charge on any atom is -0.479 e. The number of aliphatic hydroxyl groups excluding tert-OH is 2. The molecule has 0 saturated carbocycles. The molecule has 176 valence electrons. The Morgan fingerprint density at radius 2 is 1.48 bits per heavy atom. The Kier molecular flexibility index (Phi) is 8.40. The number of likely N-dealkylation sites (tertiary alicyclic amines) is 1. The molecule has 0 radical (unpaired) electrons. The summed E-state index contributed by atoms with van der Waals surface area (Å²) in [4.78, 5) is 26.9. The second-order valence-corrected chi connectivity index (χ2v) is 8.22. The highest BCUT2D eigenvalue weighted by atomic mass is 35.5. The molecule has 1 aromatic heterocycles. The molecule has 10 heteroatoms. The summed E-state index contributed by atoms with van der Waals surface area (Å²) in [7, 11) is 0. The lowest BCUT2D eigenvalue weighted by molar-refractivity contribution is -0.165. The predicted molar refractivity (Wildman–Crippen MR) is 122 cm³/mol. The number of aliphatic carboxylic acids is 2. The smallest absolute Gasteiger partial charge is 0.335 e. The molecule has 0 aliphatic carbocycles. The molecule has 2 atom stereocenters. The van der Waals surface area contributed by atoms with Gasteiger partial charge in [0.15, 0.2) is 12.2 Å². The van der Waals surface area contributed by atoms with Crippen molar-refractivity contribution in [2.24, 2.45) is 0 Å². The lowest BCUT2D eigenvalue weighted by Gasteiger charge is -2.16. The van der Waals surface area contributed by atoms with Crippen molar-refractivity contribution < 1.29 is 30.0 Å². The number of nitrogens with zero attached hydrogens (tertiary/aromatic N) is 3. The average molecular weight is 476 g/mol. The van der Waals surface area contributed by atoms with Gasteiger partial charge in [0, 0.05) is 11.6 Å². The van der Waals surface area contributed by atoms with Gasteiger partial charge in [0.05, 0.1) is 17.6 Å². The number of benzene rings is 2. The molecule has 33 heavy (non-hydrogen) atoms. The summed E-state index contributed by atoms with van der Waals surface area (Å²) < 4.78 is 2.34. The molecule has 0 bridgehead atoms. The van der Waals surface area contributed by atoms with Crippen LogP contribution in [0.15, 0.2) is 48.5 Å². The SMILES string of the molecule is Clc1ccc(Cn2c(CN3CCCC3)nc3ccccc32)cc1.O=C(O)C(O)C(O)C(=O)O. The fourth-order valence-corrected chi connectivity index (χ4v) is 3.73. The molecule has 2 unspecified atom stereocenters. The second kappa shape index (κ2) is 11.2. The van der Waals surface area contributed by atoms with Gasteiger partial charge in [-0.3, -0.25) is 4.90 Å². The predicted octanol–water partition coefficient (Wildman–Crippen LogP) is 2.21. The molecule has 0 spiro atoms. The van der Waals surface area contributed by atoms with Crippen molar-refractivity contribution in [2.75, 3.05) is 13.1 Å². The summed E-state index contributed by atoms with van der Waals surface area (Å²) in [6.45, 7) is 4.14. The van der Waals surface area contributed by atoms with Crippen LogP contribution in [0.25, 0.3) is 11.0 Å². The Bertz CT molecular complexity index is 1080. The highest BCUT2D eigenvalue weighted by molar-refractivity contribution is 6.30. The minimum atomic E-state index is -2.27. The van der Waals surface area contributed by atoms with Crippen LogP contribution in [0.3, 0.4) is 0 Å². The van der Waals surface area contributed by atoms with Gasteiger partial charge in [0.1, 0.15) is 5.82 Å². The van der Waals surface area contributed by atoms with E-state index in [4.69, 9.17) is 37.0 Å². The van der Waals surface area contributed by atoms with Gasteiger partial charge in [-0.05, 0) is 55.8 Å². The van der Waals surface area contributed by atoms with Crippen LogP contribution in [0.5, 0.6) is 0 Å². The van der Waals surface area contributed by atoms with Crippen LogP contribution in [-0.2, 0) is 22.7 Å². The van der Waals surface area contributed by atoms with Gasteiger partial charge < -0.3 is 25.0 Å². The van der Waals surface area contributed by atoms with Gasteiger partial charge >= 0.3 is 11.9 Å². The van der Waals surface area contributed by atoms with E-state index in [-0.39, 0.29) is 0 Å². The third-order valence-electron chi connectivity index (χ3n) is 5.36. The number of halogens is 1. The Balaban J connectivity index is 0.000000262. The van der Waals surface area contributed by atoms with E-state index in [1.165, 1.54) is 37.0 Å². The number of aliphatic hydroxyl groups is 2. The van der Waals surface area contributed by atoms with Gasteiger partial charge in [0.2, 0.25) is 0 Å². The maximum atomic E-state index is 9.77. The summed E-state index contributed by atoms with van der Waals surface area (Å²) in [5, 5.41) is 33.3. The number of imidazole rings is 1. The Morgan fingerprint density at radius 3 is 2.06 bits per heavy atom. The fourth-order valence-electron chi connectivity index (χ4n) is 3.61.